The first-order valence-corrected chi connectivity index (χ1v) is 7.19. The summed E-state index contributed by atoms with van der Waals surface area (Å²) in [5.41, 5.74) is 1.88. The molecule has 3 rings (SSSR count). The fourth-order valence-electron chi connectivity index (χ4n) is 3.09. The van der Waals surface area contributed by atoms with Crippen molar-refractivity contribution in [1.82, 2.24) is 9.88 Å². The van der Waals surface area contributed by atoms with Crippen molar-refractivity contribution in [1.29, 1.82) is 0 Å². The number of nitrogens with zero attached hydrogens (tertiary/aromatic N) is 1. The summed E-state index contributed by atoms with van der Waals surface area (Å²) in [6.45, 7) is 3.95. The van der Waals surface area contributed by atoms with Crippen LogP contribution in [-0.2, 0) is 4.79 Å². The zero-order valence-electron chi connectivity index (χ0n) is 11.7. The lowest BCUT2D eigenvalue weighted by Gasteiger charge is -2.34. The minimum Gasteiger partial charge on any atom is -0.480 e. The van der Waals surface area contributed by atoms with Crippen molar-refractivity contribution in [2.75, 3.05) is 13.1 Å². The summed E-state index contributed by atoms with van der Waals surface area (Å²) in [5, 5.41) is 10.7. The number of carboxylic acid groups (broad SMARTS) is 1. The Bertz CT molecular complexity index is 612. The first-order chi connectivity index (χ1) is 9.66. The highest BCUT2D eigenvalue weighted by molar-refractivity contribution is 5.89. The molecule has 1 aliphatic rings. The second kappa shape index (κ2) is 5.29. The summed E-state index contributed by atoms with van der Waals surface area (Å²) in [7, 11) is 0. The second-order valence-corrected chi connectivity index (χ2v) is 5.75. The molecule has 2 heterocycles. The van der Waals surface area contributed by atoms with Gasteiger partial charge in [0.05, 0.1) is 0 Å². The minimum absolute atomic E-state index is 0.543. The number of aliphatic carboxylic acids is 1. The van der Waals surface area contributed by atoms with Gasteiger partial charge in [-0.3, -0.25) is 9.69 Å². The Morgan fingerprint density at radius 2 is 2.05 bits per heavy atom. The summed E-state index contributed by atoms with van der Waals surface area (Å²) >= 11 is 0. The molecule has 20 heavy (non-hydrogen) atoms. The van der Waals surface area contributed by atoms with Gasteiger partial charge < -0.3 is 10.1 Å². The van der Waals surface area contributed by atoms with Gasteiger partial charge in [-0.15, -0.1) is 0 Å². The molecule has 4 nitrogen and oxygen atoms in total. The zero-order valence-corrected chi connectivity index (χ0v) is 11.7. The number of para-hydroxylation sites is 1. The Morgan fingerprint density at radius 3 is 2.75 bits per heavy atom. The van der Waals surface area contributed by atoms with Gasteiger partial charge in [0.1, 0.15) is 6.04 Å². The monoisotopic (exact) mass is 272 g/mol. The first kappa shape index (κ1) is 13.2. The third kappa shape index (κ3) is 2.31. The number of aromatic amines is 1. The standard InChI is InChI=1S/C16H20N2O2/c1-11-6-8-18(9-7-11)15(16(19)20)13-10-17-14-5-3-2-4-12(13)14/h2-5,10-11,15,17H,6-9H2,1H3,(H,19,20). The number of fused-ring (bicyclic) bond motifs is 1. The van der Waals surface area contributed by atoms with Crippen molar-refractivity contribution in [3.8, 4) is 0 Å². The van der Waals surface area contributed by atoms with E-state index in [1.165, 1.54) is 0 Å². The van der Waals surface area contributed by atoms with Gasteiger partial charge in [-0.05, 0) is 37.9 Å². The summed E-state index contributed by atoms with van der Waals surface area (Å²) in [5.74, 6) is -0.0621. The smallest absolute Gasteiger partial charge is 0.325 e. The van der Waals surface area contributed by atoms with E-state index in [4.69, 9.17) is 0 Å². The number of hydrogen-bond acceptors (Lipinski definition) is 2. The highest BCUT2D eigenvalue weighted by Gasteiger charge is 2.31. The number of aromatic nitrogens is 1. The lowest BCUT2D eigenvalue weighted by Crippen LogP contribution is -2.39. The quantitative estimate of drug-likeness (QED) is 0.903. The fraction of sp³-hybridized carbons (Fsp3) is 0.438. The Balaban J connectivity index is 1.96. The molecule has 0 bridgehead atoms. The maximum Gasteiger partial charge on any atom is 0.325 e. The van der Waals surface area contributed by atoms with Gasteiger partial charge in [0.2, 0.25) is 0 Å². The molecule has 1 aliphatic heterocycles. The molecule has 1 aromatic carbocycles. The number of nitrogens with one attached hydrogen (secondary N) is 1. The van der Waals surface area contributed by atoms with Crippen molar-refractivity contribution >= 4 is 16.9 Å². The van der Waals surface area contributed by atoms with E-state index in [9.17, 15) is 9.90 Å². The van der Waals surface area contributed by atoms with E-state index >= 15 is 0 Å². The van der Waals surface area contributed by atoms with Crippen LogP contribution >= 0.6 is 0 Å². The lowest BCUT2D eigenvalue weighted by atomic mass is 9.95. The van der Waals surface area contributed by atoms with Crippen LogP contribution in [0.4, 0.5) is 0 Å². The Hall–Kier alpha value is -1.81. The van der Waals surface area contributed by atoms with Gasteiger partial charge in [0.25, 0.3) is 0 Å². The maximum atomic E-state index is 11.8. The average molecular weight is 272 g/mol. The van der Waals surface area contributed by atoms with Crippen LogP contribution < -0.4 is 0 Å². The van der Waals surface area contributed by atoms with Gasteiger partial charge in [-0.1, -0.05) is 25.1 Å². The molecular formula is C16H20N2O2. The van der Waals surface area contributed by atoms with Crippen LogP contribution in [0.1, 0.15) is 31.4 Å². The van der Waals surface area contributed by atoms with Crippen LogP contribution in [0.5, 0.6) is 0 Å². The molecule has 0 amide bonds. The minimum atomic E-state index is -0.760. The number of carbonyl (C=O) groups is 1. The molecule has 0 aliphatic carbocycles. The highest BCUT2D eigenvalue weighted by Crippen LogP contribution is 2.31. The third-order valence-electron chi connectivity index (χ3n) is 4.33. The van der Waals surface area contributed by atoms with E-state index in [0.717, 1.165) is 42.4 Å². The lowest BCUT2D eigenvalue weighted by molar-refractivity contribution is -0.144. The summed E-state index contributed by atoms with van der Waals surface area (Å²) in [6, 6.07) is 7.34. The zero-order chi connectivity index (χ0) is 14.1. The molecule has 0 saturated carbocycles. The van der Waals surface area contributed by atoms with Crippen LogP contribution in [0.3, 0.4) is 0 Å². The number of H-pyrrole nitrogens is 1. The SMILES string of the molecule is CC1CCN(C(C(=O)O)c2c[nH]c3ccccc23)CC1. The molecule has 1 fully saturated rings. The van der Waals surface area contributed by atoms with E-state index in [-0.39, 0.29) is 0 Å². The number of hydrogen-bond donors (Lipinski definition) is 2. The summed E-state index contributed by atoms with van der Waals surface area (Å²) < 4.78 is 0. The van der Waals surface area contributed by atoms with Crippen LogP contribution in [0.15, 0.2) is 30.5 Å². The molecule has 1 saturated heterocycles. The molecule has 4 heteroatoms. The molecular weight excluding hydrogens is 252 g/mol. The van der Waals surface area contributed by atoms with Crippen molar-refractivity contribution in [2.24, 2.45) is 5.92 Å². The number of benzene rings is 1. The molecule has 106 valence electrons. The van der Waals surface area contributed by atoms with E-state index in [1.807, 2.05) is 30.5 Å². The largest absolute Gasteiger partial charge is 0.480 e. The molecule has 1 aromatic heterocycles. The fourth-order valence-corrected chi connectivity index (χ4v) is 3.09. The normalized spacial score (nSPS) is 19.2. The number of likely N-dealkylation sites (tertiary alicyclic amines) is 1. The van der Waals surface area contributed by atoms with Crippen LogP contribution in [-0.4, -0.2) is 34.0 Å². The van der Waals surface area contributed by atoms with Crippen LogP contribution in [0.25, 0.3) is 10.9 Å². The van der Waals surface area contributed by atoms with Gasteiger partial charge in [-0.2, -0.15) is 0 Å². The Kier molecular flexibility index (Phi) is 3.49. The molecule has 1 atom stereocenters. The molecule has 0 radical (unpaired) electrons. The Labute approximate surface area is 118 Å². The predicted octanol–water partition coefficient (Wildman–Crippen LogP) is 3.03. The van der Waals surface area contributed by atoms with E-state index in [2.05, 4.69) is 16.8 Å². The van der Waals surface area contributed by atoms with Crippen molar-refractivity contribution in [3.05, 3.63) is 36.0 Å². The maximum absolute atomic E-state index is 11.8. The summed E-state index contributed by atoms with van der Waals surface area (Å²) in [4.78, 5) is 17.0. The topological polar surface area (TPSA) is 56.3 Å². The van der Waals surface area contributed by atoms with Gasteiger partial charge in [0.15, 0.2) is 0 Å². The van der Waals surface area contributed by atoms with Gasteiger partial charge >= 0.3 is 5.97 Å². The van der Waals surface area contributed by atoms with Crippen molar-refractivity contribution in [3.63, 3.8) is 0 Å². The van der Waals surface area contributed by atoms with Crippen LogP contribution in [0, 0.1) is 5.92 Å². The molecule has 2 N–H and O–H groups in total. The van der Waals surface area contributed by atoms with Crippen LogP contribution in [0.2, 0.25) is 0 Å². The van der Waals surface area contributed by atoms with E-state index in [0.29, 0.717) is 5.92 Å². The van der Waals surface area contributed by atoms with Crippen molar-refractivity contribution in [2.45, 2.75) is 25.8 Å². The predicted molar refractivity (Wildman–Crippen MR) is 78.6 cm³/mol. The number of piperidine rings is 1. The second-order valence-electron chi connectivity index (χ2n) is 5.75. The molecule has 1 unspecified atom stereocenters. The van der Waals surface area contributed by atoms with Gasteiger partial charge in [-0.25, -0.2) is 0 Å². The molecule has 0 spiro atoms. The number of carboxylic acids is 1. The third-order valence-corrected chi connectivity index (χ3v) is 4.33. The van der Waals surface area contributed by atoms with E-state index in [1.54, 1.807) is 0 Å². The van der Waals surface area contributed by atoms with Gasteiger partial charge in [0, 0.05) is 22.7 Å². The molecule has 2 aromatic rings. The summed E-state index contributed by atoms with van der Waals surface area (Å²) in [6.07, 6.45) is 4.00. The average Bonchev–Trinajstić information content (AvgIpc) is 2.85. The van der Waals surface area contributed by atoms with Crippen molar-refractivity contribution < 1.29 is 9.90 Å². The van der Waals surface area contributed by atoms with E-state index < -0.39 is 12.0 Å². The first-order valence-electron chi connectivity index (χ1n) is 7.19. The number of rotatable bonds is 3. The highest BCUT2D eigenvalue weighted by atomic mass is 16.4. The Morgan fingerprint density at radius 1 is 1.35 bits per heavy atom.